The van der Waals surface area contributed by atoms with E-state index in [-0.39, 0.29) is 0 Å². The summed E-state index contributed by atoms with van der Waals surface area (Å²) in [7, 11) is 0. The molecule has 2 aromatic rings. The van der Waals surface area contributed by atoms with Crippen LogP contribution in [-0.4, -0.2) is 10.1 Å². The molecule has 0 spiro atoms. The summed E-state index contributed by atoms with van der Waals surface area (Å²) in [5.74, 6) is 0.792. The molecule has 90 valence electrons. The van der Waals surface area contributed by atoms with Gasteiger partial charge in [0.1, 0.15) is 12.4 Å². The summed E-state index contributed by atoms with van der Waals surface area (Å²) >= 11 is 1.62. The van der Waals surface area contributed by atoms with Gasteiger partial charge in [-0.2, -0.15) is 0 Å². The van der Waals surface area contributed by atoms with E-state index >= 15 is 0 Å². The Bertz CT molecular complexity index is 476. The third-order valence-corrected chi connectivity index (χ3v) is 3.24. The number of nitrogens with zero attached hydrogens (tertiary/aromatic N) is 1. The van der Waals surface area contributed by atoms with Crippen molar-refractivity contribution in [2.24, 2.45) is 0 Å². The molecule has 1 aromatic carbocycles. The fraction of sp³-hybridized carbons (Fsp3) is 0.308. The monoisotopic (exact) mass is 249 g/mol. The van der Waals surface area contributed by atoms with Gasteiger partial charge in [0.05, 0.1) is 16.8 Å². The molecule has 0 unspecified atom stereocenters. The molecule has 0 aliphatic rings. The van der Waals surface area contributed by atoms with Gasteiger partial charge in [0.2, 0.25) is 0 Å². The lowest BCUT2D eigenvalue weighted by atomic mass is 10.1. The maximum atomic E-state index is 9.38. The molecule has 2 rings (SSSR count). The van der Waals surface area contributed by atoms with Crippen LogP contribution in [-0.2, 0) is 6.61 Å². The molecule has 0 aliphatic carbocycles. The van der Waals surface area contributed by atoms with E-state index < -0.39 is 6.10 Å². The molecule has 3 nitrogen and oxygen atoms in total. The van der Waals surface area contributed by atoms with Crippen LogP contribution in [0.1, 0.15) is 29.3 Å². The van der Waals surface area contributed by atoms with E-state index in [2.05, 4.69) is 4.98 Å². The van der Waals surface area contributed by atoms with Crippen LogP contribution in [0.15, 0.2) is 29.6 Å². The van der Waals surface area contributed by atoms with Gasteiger partial charge in [0.15, 0.2) is 0 Å². The highest BCUT2D eigenvalue weighted by Crippen LogP contribution is 2.18. The zero-order valence-corrected chi connectivity index (χ0v) is 10.7. The van der Waals surface area contributed by atoms with Gasteiger partial charge in [-0.3, -0.25) is 0 Å². The van der Waals surface area contributed by atoms with Crippen molar-refractivity contribution in [1.29, 1.82) is 0 Å². The molecule has 0 aliphatic heterocycles. The molecule has 1 N–H and O–H groups in total. The number of benzene rings is 1. The Morgan fingerprint density at radius 2 is 2.06 bits per heavy atom. The van der Waals surface area contributed by atoms with Crippen LogP contribution in [0.25, 0.3) is 0 Å². The first-order valence-corrected chi connectivity index (χ1v) is 6.35. The van der Waals surface area contributed by atoms with E-state index in [0.29, 0.717) is 6.61 Å². The van der Waals surface area contributed by atoms with Crippen molar-refractivity contribution >= 4 is 11.3 Å². The zero-order chi connectivity index (χ0) is 12.3. The summed E-state index contributed by atoms with van der Waals surface area (Å²) in [4.78, 5) is 4.33. The lowest BCUT2D eigenvalue weighted by molar-refractivity contribution is 0.199. The van der Waals surface area contributed by atoms with Crippen molar-refractivity contribution in [2.45, 2.75) is 26.6 Å². The second-order valence-electron chi connectivity index (χ2n) is 3.89. The molecule has 0 radical (unpaired) electrons. The standard InChI is InChI=1S/C13H15NO2S/c1-9(15)11-3-5-13(6-4-11)16-7-12-8-17-10(2)14-12/h3-6,8-9,15H,7H2,1-2H3/t9-/m0/s1. The molecule has 17 heavy (non-hydrogen) atoms. The highest BCUT2D eigenvalue weighted by Gasteiger charge is 2.02. The SMILES string of the molecule is Cc1nc(COc2ccc([C@H](C)O)cc2)cs1. The van der Waals surface area contributed by atoms with Gasteiger partial charge in [-0.1, -0.05) is 12.1 Å². The minimum absolute atomic E-state index is 0.440. The predicted molar refractivity (Wildman–Crippen MR) is 68.3 cm³/mol. The van der Waals surface area contributed by atoms with E-state index in [1.807, 2.05) is 36.6 Å². The summed E-state index contributed by atoms with van der Waals surface area (Å²) in [6.45, 7) is 4.21. The lowest BCUT2D eigenvalue weighted by Gasteiger charge is -2.07. The van der Waals surface area contributed by atoms with E-state index in [9.17, 15) is 5.11 Å². The lowest BCUT2D eigenvalue weighted by Crippen LogP contribution is -1.96. The third-order valence-electron chi connectivity index (χ3n) is 2.42. The molecule has 0 bridgehead atoms. The third kappa shape index (κ3) is 3.28. The fourth-order valence-electron chi connectivity index (χ4n) is 1.47. The highest BCUT2D eigenvalue weighted by molar-refractivity contribution is 7.09. The van der Waals surface area contributed by atoms with Crippen LogP contribution >= 0.6 is 11.3 Å². The van der Waals surface area contributed by atoms with E-state index in [1.54, 1.807) is 18.3 Å². The first kappa shape index (κ1) is 12.1. The van der Waals surface area contributed by atoms with Crippen molar-refractivity contribution in [2.75, 3.05) is 0 Å². The summed E-state index contributed by atoms with van der Waals surface area (Å²) in [6.07, 6.45) is -0.440. The van der Waals surface area contributed by atoms with Crippen LogP contribution in [0.5, 0.6) is 5.75 Å². The van der Waals surface area contributed by atoms with Crippen LogP contribution in [0.3, 0.4) is 0 Å². The summed E-state index contributed by atoms with van der Waals surface area (Å²) in [5, 5.41) is 12.4. The van der Waals surface area contributed by atoms with Gasteiger partial charge >= 0.3 is 0 Å². The first-order chi connectivity index (χ1) is 8.15. The van der Waals surface area contributed by atoms with E-state index in [4.69, 9.17) is 4.74 Å². The van der Waals surface area contributed by atoms with Gasteiger partial charge in [-0.15, -0.1) is 11.3 Å². The average Bonchev–Trinajstić information content (AvgIpc) is 2.73. The van der Waals surface area contributed by atoms with Gasteiger partial charge < -0.3 is 9.84 Å². The van der Waals surface area contributed by atoms with Crippen LogP contribution in [0, 0.1) is 6.92 Å². The van der Waals surface area contributed by atoms with Gasteiger partial charge in [-0.05, 0) is 31.5 Å². The minimum atomic E-state index is -0.440. The van der Waals surface area contributed by atoms with E-state index in [1.165, 1.54) is 0 Å². The Morgan fingerprint density at radius 1 is 1.35 bits per heavy atom. The topological polar surface area (TPSA) is 42.4 Å². The maximum absolute atomic E-state index is 9.38. The molecule has 1 heterocycles. The first-order valence-electron chi connectivity index (χ1n) is 5.47. The molecular weight excluding hydrogens is 234 g/mol. The Labute approximate surface area is 105 Å². The van der Waals surface area contributed by atoms with Crippen molar-refractivity contribution in [3.8, 4) is 5.75 Å². The van der Waals surface area contributed by atoms with Gasteiger partial charge in [0.25, 0.3) is 0 Å². The highest BCUT2D eigenvalue weighted by atomic mass is 32.1. The minimum Gasteiger partial charge on any atom is -0.487 e. The molecule has 1 atom stereocenters. The number of aliphatic hydroxyl groups excluding tert-OH is 1. The number of thiazole rings is 1. The van der Waals surface area contributed by atoms with Gasteiger partial charge in [-0.25, -0.2) is 4.98 Å². The average molecular weight is 249 g/mol. The Morgan fingerprint density at radius 3 is 2.59 bits per heavy atom. The summed E-state index contributed by atoms with van der Waals surface area (Å²) in [6, 6.07) is 7.46. The van der Waals surface area contributed by atoms with Crippen LogP contribution in [0.2, 0.25) is 0 Å². The normalized spacial score (nSPS) is 12.4. The molecule has 0 saturated carbocycles. The second kappa shape index (κ2) is 5.29. The molecule has 0 fully saturated rings. The summed E-state index contributed by atoms with van der Waals surface area (Å²) < 4.78 is 5.60. The van der Waals surface area contributed by atoms with Crippen molar-refractivity contribution in [1.82, 2.24) is 4.98 Å². The largest absolute Gasteiger partial charge is 0.487 e. The quantitative estimate of drug-likeness (QED) is 0.905. The van der Waals surface area contributed by atoms with Crippen molar-refractivity contribution < 1.29 is 9.84 Å². The Kier molecular flexibility index (Phi) is 3.76. The molecule has 4 heteroatoms. The Balaban J connectivity index is 1.95. The molecule has 0 saturated heterocycles. The zero-order valence-electron chi connectivity index (χ0n) is 9.88. The fourth-order valence-corrected chi connectivity index (χ4v) is 2.07. The maximum Gasteiger partial charge on any atom is 0.131 e. The number of rotatable bonds is 4. The molecule has 1 aromatic heterocycles. The number of aliphatic hydroxyl groups is 1. The number of ether oxygens (including phenoxy) is 1. The van der Waals surface area contributed by atoms with Gasteiger partial charge in [0, 0.05) is 5.38 Å². The smallest absolute Gasteiger partial charge is 0.131 e. The van der Waals surface area contributed by atoms with E-state index in [0.717, 1.165) is 22.0 Å². The summed E-state index contributed by atoms with van der Waals surface area (Å²) in [5.41, 5.74) is 1.84. The number of hydrogen-bond donors (Lipinski definition) is 1. The van der Waals surface area contributed by atoms with Crippen LogP contribution in [0.4, 0.5) is 0 Å². The van der Waals surface area contributed by atoms with Crippen LogP contribution < -0.4 is 4.74 Å². The molecular formula is C13H15NO2S. The Hall–Kier alpha value is -1.39. The van der Waals surface area contributed by atoms with Crippen molar-refractivity contribution in [3.63, 3.8) is 0 Å². The predicted octanol–water partition coefficient (Wildman–Crippen LogP) is 3.08. The number of aryl methyl sites for hydroxylation is 1. The van der Waals surface area contributed by atoms with Crippen molar-refractivity contribution in [3.05, 3.63) is 45.9 Å². The number of aromatic nitrogens is 1. The second-order valence-corrected chi connectivity index (χ2v) is 4.95. The molecule has 0 amide bonds. The number of hydrogen-bond acceptors (Lipinski definition) is 4.